The van der Waals surface area contributed by atoms with Gasteiger partial charge in [-0.2, -0.15) is 4.31 Å². The van der Waals surface area contributed by atoms with Gasteiger partial charge in [-0.1, -0.05) is 66.4 Å². The van der Waals surface area contributed by atoms with E-state index >= 15 is 0 Å². The molecule has 0 spiro atoms. The third kappa shape index (κ3) is 6.26. The van der Waals surface area contributed by atoms with Crippen molar-refractivity contribution in [1.29, 1.82) is 0 Å². The standard InChI is InChI=1S/C23H26Cl2N2O5S/c1-27(33(31,32)18-13-16(24)12-17(25)14-18)21(11-15-7-3-2-4-8-15)22(28)26-20-10-6-5-9-19(20)23(29)30/h2-4,7-8,12-14,19-21H,5-6,9-11H2,1H3,(H,26,28)(H,29,30)/t19-,20-,21+/m1/s1. The van der Waals surface area contributed by atoms with Crippen LogP contribution in [0.4, 0.5) is 0 Å². The molecule has 1 fully saturated rings. The molecular formula is C23H26Cl2N2O5S. The van der Waals surface area contributed by atoms with E-state index in [1.807, 2.05) is 6.07 Å². The molecule has 1 amide bonds. The molecule has 0 aromatic heterocycles. The third-order valence-corrected chi connectivity index (χ3v) is 8.22. The zero-order chi connectivity index (χ0) is 24.2. The molecule has 3 atom stereocenters. The Morgan fingerprint density at radius 1 is 1.09 bits per heavy atom. The summed E-state index contributed by atoms with van der Waals surface area (Å²) >= 11 is 12.0. The molecule has 0 radical (unpaired) electrons. The number of aliphatic carboxylic acids is 1. The van der Waals surface area contributed by atoms with Crippen molar-refractivity contribution in [3.05, 3.63) is 64.1 Å². The van der Waals surface area contributed by atoms with Gasteiger partial charge in [0.15, 0.2) is 0 Å². The zero-order valence-corrected chi connectivity index (χ0v) is 20.4. The minimum Gasteiger partial charge on any atom is -0.481 e. The summed E-state index contributed by atoms with van der Waals surface area (Å²) in [6.45, 7) is 0. The molecule has 178 valence electrons. The van der Waals surface area contributed by atoms with Crippen LogP contribution < -0.4 is 5.32 Å². The molecule has 2 aromatic carbocycles. The number of likely N-dealkylation sites (N-methyl/N-ethyl adjacent to an activating group) is 1. The summed E-state index contributed by atoms with van der Waals surface area (Å²) in [5, 5.41) is 12.7. The lowest BCUT2D eigenvalue weighted by Gasteiger charge is -2.33. The average molecular weight is 513 g/mol. The number of sulfonamides is 1. The Kier molecular flexibility index (Phi) is 8.39. The largest absolute Gasteiger partial charge is 0.481 e. The van der Waals surface area contributed by atoms with E-state index in [0.29, 0.717) is 12.8 Å². The summed E-state index contributed by atoms with van der Waals surface area (Å²) < 4.78 is 27.7. The van der Waals surface area contributed by atoms with Gasteiger partial charge in [-0.15, -0.1) is 0 Å². The molecule has 1 aliphatic carbocycles. The lowest BCUT2D eigenvalue weighted by atomic mass is 9.84. The SMILES string of the molecule is CN([C@@H](Cc1ccccc1)C(=O)N[C@@H]1CCCC[C@H]1C(=O)O)S(=O)(=O)c1cc(Cl)cc(Cl)c1. The number of nitrogens with zero attached hydrogens (tertiary/aromatic N) is 1. The highest BCUT2D eigenvalue weighted by atomic mass is 35.5. The number of hydrogen-bond donors (Lipinski definition) is 2. The van der Waals surface area contributed by atoms with Gasteiger partial charge in [-0.05, 0) is 43.0 Å². The van der Waals surface area contributed by atoms with Crippen LogP contribution in [0.25, 0.3) is 0 Å². The van der Waals surface area contributed by atoms with Crippen LogP contribution in [-0.4, -0.2) is 48.8 Å². The molecule has 1 saturated carbocycles. The second-order valence-electron chi connectivity index (χ2n) is 8.18. The summed E-state index contributed by atoms with van der Waals surface area (Å²) in [6, 6.07) is 11.4. The van der Waals surface area contributed by atoms with Gasteiger partial charge in [0.1, 0.15) is 6.04 Å². The molecule has 0 bridgehead atoms. The fourth-order valence-electron chi connectivity index (χ4n) is 4.11. The van der Waals surface area contributed by atoms with E-state index in [9.17, 15) is 23.1 Å². The van der Waals surface area contributed by atoms with Crippen molar-refractivity contribution in [2.24, 2.45) is 5.92 Å². The minimum absolute atomic E-state index is 0.112. The minimum atomic E-state index is -4.13. The van der Waals surface area contributed by atoms with Gasteiger partial charge in [0.2, 0.25) is 15.9 Å². The Hall–Kier alpha value is -2.13. The van der Waals surface area contributed by atoms with Gasteiger partial charge in [0.25, 0.3) is 0 Å². The number of carboxylic acids is 1. The summed E-state index contributed by atoms with van der Waals surface area (Å²) in [5.41, 5.74) is 0.766. The first-order chi connectivity index (χ1) is 15.6. The lowest BCUT2D eigenvalue weighted by Crippen LogP contribution is -2.54. The number of hydrogen-bond acceptors (Lipinski definition) is 4. The number of halogens is 2. The van der Waals surface area contributed by atoms with Crippen molar-refractivity contribution < 1.29 is 23.1 Å². The number of carbonyl (C=O) groups is 2. The monoisotopic (exact) mass is 512 g/mol. The maximum Gasteiger partial charge on any atom is 0.308 e. The Morgan fingerprint density at radius 3 is 2.30 bits per heavy atom. The summed E-state index contributed by atoms with van der Waals surface area (Å²) in [5.74, 6) is -2.21. The molecule has 0 aliphatic heterocycles. The van der Waals surface area contributed by atoms with E-state index in [0.717, 1.165) is 22.7 Å². The predicted octanol–water partition coefficient (Wildman–Crippen LogP) is 3.98. The molecule has 7 nitrogen and oxygen atoms in total. The Bertz CT molecular complexity index is 1090. The average Bonchev–Trinajstić information content (AvgIpc) is 2.77. The number of carbonyl (C=O) groups excluding carboxylic acids is 1. The Labute approximate surface area is 203 Å². The molecule has 2 N–H and O–H groups in total. The third-order valence-electron chi connectivity index (χ3n) is 5.94. The second kappa shape index (κ2) is 10.9. The molecule has 3 rings (SSSR count). The van der Waals surface area contributed by atoms with Crippen LogP contribution in [0.1, 0.15) is 31.2 Å². The van der Waals surface area contributed by atoms with Crippen LogP contribution in [-0.2, 0) is 26.0 Å². The summed E-state index contributed by atoms with van der Waals surface area (Å²) in [4.78, 5) is 24.9. The van der Waals surface area contributed by atoms with Gasteiger partial charge in [0.05, 0.1) is 10.8 Å². The second-order valence-corrected chi connectivity index (χ2v) is 11.0. The number of benzene rings is 2. The van der Waals surface area contributed by atoms with Crippen molar-refractivity contribution >= 4 is 45.1 Å². The number of nitrogens with one attached hydrogen (secondary N) is 1. The van der Waals surface area contributed by atoms with Gasteiger partial charge in [-0.25, -0.2) is 8.42 Å². The zero-order valence-electron chi connectivity index (χ0n) is 18.1. The summed E-state index contributed by atoms with van der Waals surface area (Å²) in [7, 11) is -2.81. The lowest BCUT2D eigenvalue weighted by molar-refractivity contribution is -0.144. The Morgan fingerprint density at radius 2 is 1.70 bits per heavy atom. The molecular weight excluding hydrogens is 487 g/mol. The van der Waals surface area contributed by atoms with Crippen molar-refractivity contribution in [2.45, 2.75) is 49.1 Å². The van der Waals surface area contributed by atoms with E-state index in [1.165, 1.54) is 25.2 Å². The molecule has 0 saturated heterocycles. The first-order valence-electron chi connectivity index (χ1n) is 10.6. The highest BCUT2D eigenvalue weighted by molar-refractivity contribution is 7.89. The van der Waals surface area contributed by atoms with Crippen molar-refractivity contribution in [3.8, 4) is 0 Å². The molecule has 1 aliphatic rings. The highest BCUT2D eigenvalue weighted by Gasteiger charge is 2.37. The first-order valence-corrected chi connectivity index (χ1v) is 12.8. The fourth-order valence-corrected chi connectivity index (χ4v) is 6.16. The smallest absolute Gasteiger partial charge is 0.308 e. The fraction of sp³-hybridized carbons (Fsp3) is 0.391. The quantitative estimate of drug-likeness (QED) is 0.556. The number of amides is 1. The maximum atomic E-state index is 13.4. The summed E-state index contributed by atoms with van der Waals surface area (Å²) in [6.07, 6.45) is 2.69. The van der Waals surface area contributed by atoms with Crippen LogP contribution in [0, 0.1) is 5.92 Å². The van der Waals surface area contributed by atoms with Crippen LogP contribution >= 0.6 is 23.2 Å². The van der Waals surface area contributed by atoms with E-state index in [2.05, 4.69) is 5.32 Å². The molecule has 0 unspecified atom stereocenters. The van der Waals surface area contributed by atoms with Crippen molar-refractivity contribution in [2.75, 3.05) is 7.05 Å². The van der Waals surface area contributed by atoms with E-state index in [4.69, 9.17) is 23.2 Å². The van der Waals surface area contributed by atoms with E-state index in [1.54, 1.807) is 24.3 Å². The van der Waals surface area contributed by atoms with Crippen molar-refractivity contribution in [1.82, 2.24) is 9.62 Å². The first kappa shape index (κ1) is 25.5. The van der Waals surface area contributed by atoms with Crippen LogP contribution in [0.3, 0.4) is 0 Å². The van der Waals surface area contributed by atoms with Gasteiger partial charge >= 0.3 is 5.97 Å². The van der Waals surface area contributed by atoms with Gasteiger partial charge in [0, 0.05) is 23.1 Å². The molecule has 0 heterocycles. The predicted molar refractivity (Wildman–Crippen MR) is 127 cm³/mol. The molecule has 10 heteroatoms. The van der Waals surface area contributed by atoms with Gasteiger partial charge in [-0.3, -0.25) is 9.59 Å². The highest BCUT2D eigenvalue weighted by Crippen LogP contribution is 2.28. The number of carboxylic acid groups (broad SMARTS) is 1. The molecule has 2 aromatic rings. The van der Waals surface area contributed by atoms with Crippen LogP contribution in [0.2, 0.25) is 10.0 Å². The van der Waals surface area contributed by atoms with Gasteiger partial charge < -0.3 is 10.4 Å². The number of rotatable bonds is 8. The maximum absolute atomic E-state index is 13.4. The topological polar surface area (TPSA) is 104 Å². The Balaban J connectivity index is 1.93. The van der Waals surface area contributed by atoms with E-state index in [-0.39, 0.29) is 21.4 Å². The molecule has 33 heavy (non-hydrogen) atoms. The normalized spacial score (nSPS) is 19.8. The van der Waals surface area contributed by atoms with Crippen LogP contribution in [0.5, 0.6) is 0 Å². The van der Waals surface area contributed by atoms with E-state index < -0.39 is 39.9 Å². The van der Waals surface area contributed by atoms with Crippen LogP contribution in [0.15, 0.2) is 53.4 Å². The van der Waals surface area contributed by atoms with Crippen molar-refractivity contribution in [3.63, 3.8) is 0 Å².